The smallest absolute Gasteiger partial charge is 0.154 e. The van der Waals surface area contributed by atoms with Gasteiger partial charge in [0, 0.05) is 5.02 Å². The summed E-state index contributed by atoms with van der Waals surface area (Å²) in [5, 5.41) is 3.92. The number of rotatable bonds is 2. The molecule has 5 heteroatoms. The summed E-state index contributed by atoms with van der Waals surface area (Å²) < 4.78 is 5.05. The van der Waals surface area contributed by atoms with Crippen LogP contribution >= 0.6 is 11.6 Å². The predicted octanol–water partition coefficient (Wildman–Crippen LogP) is 0.928. The Morgan fingerprint density at radius 2 is 2.23 bits per heavy atom. The van der Waals surface area contributed by atoms with Crippen LogP contribution in [-0.4, -0.2) is 12.9 Å². The molecule has 0 spiro atoms. The molecule has 1 aromatic rings. The molecule has 0 radical (unpaired) electrons. The summed E-state index contributed by atoms with van der Waals surface area (Å²) in [6.45, 7) is 0. The zero-order chi connectivity index (χ0) is 9.84. The van der Waals surface area contributed by atoms with Crippen molar-refractivity contribution in [3.63, 3.8) is 0 Å². The second-order valence-corrected chi connectivity index (χ2v) is 2.80. The van der Waals surface area contributed by atoms with Gasteiger partial charge in [-0.25, -0.2) is 0 Å². The Labute approximate surface area is 81.1 Å². The van der Waals surface area contributed by atoms with E-state index >= 15 is 0 Å². The third kappa shape index (κ3) is 2.03. The summed E-state index contributed by atoms with van der Waals surface area (Å²) in [6.07, 6.45) is 0. The molecule has 70 valence electrons. The van der Waals surface area contributed by atoms with Gasteiger partial charge < -0.3 is 16.3 Å². The van der Waals surface area contributed by atoms with Crippen LogP contribution in [0.1, 0.15) is 5.56 Å². The van der Waals surface area contributed by atoms with Crippen molar-refractivity contribution in [1.29, 1.82) is 0 Å². The topological polar surface area (TPSA) is 73.6 Å². The van der Waals surface area contributed by atoms with Crippen molar-refractivity contribution in [2.45, 2.75) is 0 Å². The zero-order valence-corrected chi connectivity index (χ0v) is 7.88. The van der Waals surface area contributed by atoms with Crippen LogP contribution in [0, 0.1) is 0 Å². The first-order valence-corrected chi connectivity index (χ1v) is 3.94. The van der Waals surface area contributed by atoms with Gasteiger partial charge >= 0.3 is 0 Å². The van der Waals surface area contributed by atoms with E-state index in [4.69, 9.17) is 27.9 Å². The average Bonchev–Trinajstić information content (AvgIpc) is 2.16. The lowest BCUT2D eigenvalue weighted by molar-refractivity contribution is 0.414. The average molecular weight is 200 g/mol. The highest BCUT2D eigenvalue weighted by Crippen LogP contribution is 2.21. The molecule has 0 atom stereocenters. The Hall–Kier alpha value is -1.42. The van der Waals surface area contributed by atoms with Crippen LogP contribution in [0.3, 0.4) is 0 Å². The van der Waals surface area contributed by atoms with Crippen molar-refractivity contribution in [3.8, 4) is 5.75 Å². The molecule has 0 aliphatic heterocycles. The first-order valence-electron chi connectivity index (χ1n) is 3.56. The van der Waals surface area contributed by atoms with Gasteiger partial charge in [-0.2, -0.15) is 5.10 Å². The molecule has 1 rings (SSSR count). The molecule has 0 bridgehead atoms. The van der Waals surface area contributed by atoms with Gasteiger partial charge in [0.25, 0.3) is 0 Å². The third-order valence-corrected chi connectivity index (χ3v) is 1.81. The molecule has 0 saturated heterocycles. The van der Waals surface area contributed by atoms with Gasteiger partial charge in [-0.1, -0.05) is 11.6 Å². The molecule has 4 N–H and O–H groups in total. The fourth-order valence-electron chi connectivity index (χ4n) is 0.950. The van der Waals surface area contributed by atoms with E-state index in [1.54, 1.807) is 18.2 Å². The lowest BCUT2D eigenvalue weighted by Crippen LogP contribution is -2.16. The number of nitrogens with two attached hydrogens (primary N) is 2. The van der Waals surface area contributed by atoms with Crippen molar-refractivity contribution in [2.24, 2.45) is 16.7 Å². The van der Waals surface area contributed by atoms with E-state index in [0.29, 0.717) is 16.3 Å². The number of hydrogen-bond donors (Lipinski definition) is 2. The highest BCUT2D eigenvalue weighted by Gasteiger charge is 2.06. The number of nitrogens with zero attached hydrogens (tertiary/aromatic N) is 1. The van der Waals surface area contributed by atoms with Gasteiger partial charge in [-0.15, -0.1) is 0 Å². The van der Waals surface area contributed by atoms with Crippen LogP contribution in [0.15, 0.2) is 23.3 Å². The molecule has 0 amide bonds. The van der Waals surface area contributed by atoms with Gasteiger partial charge in [0.15, 0.2) is 5.84 Å². The molecule has 1 aromatic carbocycles. The van der Waals surface area contributed by atoms with Gasteiger partial charge in [0.05, 0.1) is 12.7 Å². The number of hydrogen-bond acceptors (Lipinski definition) is 3. The Morgan fingerprint density at radius 3 is 2.77 bits per heavy atom. The van der Waals surface area contributed by atoms with E-state index in [0.717, 1.165) is 0 Å². The normalized spacial score (nSPS) is 11.4. The maximum atomic E-state index is 5.77. The van der Waals surface area contributed by atoms with E-state index in [2.05, 4.69) is 5.10 Å². The largest absolute Gasteiger partial charge is 0.496 e. The SMILES string of the molecule is COc1ccc(Cl)cc1C(N)=NN. The fraction of sp³-hybridized carbons (Fsp3) is 0.125. The van der Waals surface area contributed by atoms with E-state index in [9.17, 15) is 0 Å². The monoisotopic (exact) mass is 199 g/mol. The van der Waals surface area contributed by atoms with E-state index < -0.39 is 0 Å². The molecule has 0 fully saturated rings. The summed E-state index contributed by atoms with van der Waals surface area (Å²) >= 11 is 5.77. The highest BCUT2D eigenvalue weighted by atomic mass is 35.5. The summed E-state index contributed by atoms with van der Waals surface area (Å²) in [4.78, 5) is 0. The number of benzene rings is 1. The van der Waals surface area contributed by atoms with Crippen LogP contribution in [0.2, 0.25) is 5.02 Å². The van der Waals surface area contributed by atoms with Crippen molar-refractivity contribution in [3.05, 3.63) is 28.8 Å². The molecular weight excluding hydrogens is 190 g/mol. The molecule has 4 nitrogen and oxygen atoms in total. The first kappa shape index (κ1) is 9.67. The molecule has 13 heavy (non-hydrogen) atoms. The lowest BCUT2D eigenvalue weighted by atomic mass is 10.2. The molecule has 0 aliphatic carbocycles. The number of hydrazone groups is 1. The quantitative estimate of drug-likeness (QED) is 0.322. The van der Waals surface area contributed by atoms with Crippen LogP contribution in [0.25, 0.3) is 0 Å². The molecule has 0 aliphatic rings. The van der Waals surface area contributed by atoms with Gasteiger partial charge in [-0.05, 0) is 18.2 Å². The number of methoxy groups -OCH3 is 1. The zero-order valence-electron chi connectivity index (χ0n) is 7.12. The number of amidine groups is 1. The van der Waals surface area contributed by atoms with Crippen LogP contribution in [-0.2, 0) is 0 Å². The van der Waals surface area contributed by atoms with Gasteiger partial charge in [0.2, 0.25) is 0 Å². The Bertz CT molecular complexity index is 338. The molecular formula is C8H10ClN3O. The summed E-state index contributed by atoms with van der Waals surface area (Å²) in [5.41, 5.74) is 6.12. The Kier molecular flexibility index (Phi) is 2.97. The van der Waals surface area contributed by atoms with Crippen molar-refractivity contribution in [1.82, 2.24) is 0 Å². The van der Waals surface area contributed by atoms with Crippen molar-refractivity contribution < 1.29 is 4.74 Å². The van der Waals surface area contributed by atoms with Gasteiger partial charge in [0.1, 0.15) is 5.75 Å². The van der Waals surface area contributed by atoms with Crippen LogP contribution < -0.4 is 16.3 Å². The second kappa shape index (κ2) is 4.00. The van der Waals surface area contributed by atoms with Crippen molar-refractivity contribution >= 4 is 17.4 Å². The first-order chi connectivity index (χ1) is 6.19. The van der Waals surface area contributed by atoms with E-state index in [-0.39, 0.29) is 5.84 Å². The third-order valence-electron chi connectivity index (χ3n) is 1.58. The highest BCUT2D eigenvalue weighted by molar-refractivity contribution is 6.31. The Morgan fingerprint density at radius 1 is 1.54 bits per heavy atom. The summed E-state index contributed by atoms with van der Waals surface area (Å²) in [5.74, 6) is 5.83. The fourth-order valence-corrected chi connectivity index (χ4v) is 1.12. The summed E-state index contributed by atoms with van der Waals surface area (Å²) in [7, 11) is 1.54. The molecule has 0 aromatic heterocycles. The number of ether oxygens (including phenoxy) is 1. The van der Waals surface area contributed by atoms with E-state index in [1.807, 2.05) is 0 Å². The molecule has 0 unspecified atom stereocenters. The second-order valence-electron chi connectivity index (χ2n) is 2.36. The lowest BCUT2D eigenvalue weighted by Gasteiger charge is -2.06. The molecule has 0 saturated carbocycles. The van der Waals surface area contributed by atoms with E-state index in [1.165, 1.54) is 7.11 Å². The standard InChI is InChI=1S/C8H10ClN3O/c1-13-7-3-2-5(9)4-6(7)8(10)12-11/h2-4H,11H2,1H3,(H2,10,12). The summed E-state index contributed by atoms with van der Waals surface area (Å²) in [6, 6.07) is 5.05. The Balaban J connectivity index is 3.23. The minimum absolute atomic E-state index is 0.194. The minimum Gasteiger partial charge on any atom is -0.496 e. The predicted molar refractivity (Wildman–Crippen MR) is 52.9 cm³/mol. The maximum absolute atomic E-state index is 5.77. The molecule has 0 heterocycles. The van der Waals surface area contributed by atoms with Crippen LogP contribution in [0.5, 0.6) is 5.75 Å². The number of halogens is 1. The van der Waals surface area contributed by atoms with Crippen molar-refractivity contribution in [2.75, 3.05) is 7.11 Å². The van der Waals surface area contributed by atoms with Crippen LogP contribution in [0.4, 0.5) is 0 Å². The maximum Gasteiger partial charge on any atom is 0.154 e. The van der Waals surface area contributed by atoms with Gasteiger partial charge in [-0.3, -0.25) is 0 Å². The minimum atomic E-state index is 0.194.